The molecule has 4 heteroatoms. The lowest BCUT2D eigenvalue weighted by Crippen LogP contribution is -2.59. The van der Waals surface area contributed by atoms with Crippen LogP contribution in [-0.4, -0.2) is 34.4 Å². The smallest absolute Gasteiger partial charge is 0.310 e. The molecule has 0 aromatic carbocycles. The molecule has 4 nitrogen and oxygen atoms in total. The van der Waals surface area contributed by atoms with Crippen molar-refractivity contribution in [2.45, 2.75) is 19.9 Å². The van der Waals surface area contributed by atoms with Gasteiger partial charge in [0.05, 0.1) is 11.8 Å². The second kappa shape index (κ2) is 2.53. The Morgan fingerprint density at radius 1 is 1.73 bits per heavy atom. The number of nitrogens with zero attached hydrogens (tertiary/aromatic N) is 1. The number of nitrogens with one attached hydrogen (secondary N) is 1. The highest BCUT2D eigenvalue weighted by Gasteiger charge is 2.40. The van der Waals surface area contributed by atoms with Crippen LogP contribution in [0.3, 0.4) is 0 Å². The third-order valence-electron chi connectivity index (χ3n) is 2.22. The summed E-state index contributed by atoms with van der Waals surface area (Å²) in [6.07, 6.45) is 0. The van der Waals surface area contributed by atoms with Gasteiger partial charge in [0.1, 0.15) is 0 Å². The Morgan fingerprint density at radius 3 is 2.55 bits per heavy atom. The third-order valence-corrected chi connectivity index (χ3v) is 2.22. The van der Waals surface area contributed by atoms with Gasteiger partial charge in [-0.1, -0.05) is 0 Å². The van der Waals surface area contributed by atoms with E-state index in [2.05, 4.69) is 0 Å². The quantitative estimate of drug-likeness (QED) is 0.426. The Morgan fingerprint density at radius 2 is 2.27 bits per heavy atom. The molecule has 1 fully saturated rings. The van der Waals surface area contributed by atoms with Crippen molar-refractivity contribution in [3.63, 3.8) is 0 Å². The van der Waals surface area contributed by atoms with E-state index in [-0.39, 0.29) is 12.0 Å². The Kier molecular flexibility index (Phi) is 1.85. The monoisotopic (exact) mass is 156 g/mol. The van der Waals surface area contributed by atoms with Gasteiger partial charge in [-0.3, -0.25) is 10.2 Å². The predicted molar refractivity (Wildman–Crippen MR) is 40.7 cm³/mol. The summed E-state index contributed by atoms with van der Waals surface area (Å²) >= 11 is 0. The normalized spacial score (nSPS) is 29.5. The number of rotatable bonds is 1. The maximum atomic E-state index is 10.5. The van der Waals surface area contributed by atoms with Crippen LogP contribution in [0.1, 0.15) is 13.8 Å². The van der Waals surface area contributed by atoms with Crippen LogP contribution in [0.25, 0.3) is 0 Å². The van der Waals surface area contributed by atoms with Gasteiger partial charge in [-0.05, 0) is 13.8 Å². The first kappa shape index (κ1) is 8.04. The summed E-state index contributed by atoms with van der Waals surface area (Å²) in [4.78, 5) is 12.2. The first-order chi connectivity index (χ1) is 5.04. The van der Waals surface area contributed by atoms with Crippen molar-refractivity contribution in [2.75, 3.05) is 6.54 Å². The topological polar surface area (TPSA) is 64.4 Å². The van der Waals surface area contributed by atoms with Gasteiger partial charge in [0.25, 0.3) is 0 Å². The molecule has 0 bridgehead atoms. The van der Waals surface area contributed by atoms with Crippen LogP contribution in [0.15, 0.2) is 0 Å². The molecule has 0 spiro atoms. The second-order valence-corrected chi connectivity index (χ2v) is 2.92. The van der Waals surface area contributed by atoms with Crippen molar-refractivity contribution in [2.24, 2.45) is 5.92 Å². The number of likely N-dealkylation sites (tertiary alicyclic amines) is 1. The Bertz CT molecular complexity index is 183. The highest BCUT2D eigenvalue weighted by molar-refractivity contribution is 5.81. The molecule has 1 aliphatic heterocycles. The van der Waals surface area contributed by atoms with Crippen molar-refractivity contribution in [1.82, 2.24) is 4.90 Å². The number of aliphatic carboxylic acids is 1. The van der Waals surface area contributed by atoms with Crippen molar-refractivity contribution >= 4 is 11.8 Å². The van der Waals surface area contributed by atoms with Crippen molar-refractivity contribution in [1.29, 1.82) is 5.41 Å². The fraction of sp³-hybridized carbons (Fsp3) is 0.714. The molecule has 2 atom stereocenters. The molecule has 1 heterocycles. The molecule has 2 N–H and O–H groups in total. The van der Waals surface area contributed by atoms with Gasteiger partial charge in [-0.2, -0.15) is 0 Å². The van der Waals surface area contributed by atoms with E-state index in [0.29, 0.717) is 12.4 Å². The molecule has 0 radical (unpaired) electrons. The Labute approximate surface area is 65.3 Å². The maximum Gasteiger partial charge on any atom is 0.310 e. The molecular weight excluding hydrogens is 144 g/mol. The van der Waals surface area contributed by atoms with Crippen LogP contribution in [-0.2, 0) is 4.79 Å². The van der Waals surface area contributed by atoms with E-state index in [4.69, 9.17) is 10.5 Å². The fourth-order valence-electron chi connectivity index (χ4n) is 1.34. The highest BCUT2D eigenvalue weighted by atomic mass is 16.4. The van der Waals surface area contributed by atoms with Crippen molar-refractivity contribution in [3.8, 4) is 0 Å². The number of hydrogen-bond donors (Lipinski definition) is 2. The Balaban J connectivity index is 2.50. The summed E-state index contributed by atoms with van der Waals surface area (Å²) in [5.41, 5.74) is 0. The number of carbonyl (C=O) groups is 1. The summed E-state index contributed by atoms with van der Waals surface area (Å²) in [6.45, 7) is 4.00. The lowest BCUT2D eigenvalue weighted by atomic mass is 9.90. The van der Waals surface area contributed by atoms with E-state index in [1.54, 1.807) is 11.8 Å². The lowest BCUT2D eigenvalue weighted by Gasteiger charge is -2.44. The zero-order chi connectivity index (χ0) is 8.59. The summed E-state index contributed by atoms with van der Waals surface area (Å²) in [5.74, 6) is -0.583. The van der Waals surface area contributed by atoms with E-state index in [9.17, 15) is 4.79 Å². The Hall–Kier alpha value is -1.06. The number of carboxylic acids is 1. The summed E-state index contributed by atoms with van der Waals surface area (Å²) in [6, 6.07) is -0.00926. The standard InChI is InChI=1S/C7H12N2O2/c1-4-6(7(10)11)3-9(4)5(2)8/h4,6,8H,3H2,1-2H3,(H,10,11)/t4-,6+/m1/s1. The van der Waals surface area contributed by atoms with Gasteiger partial charge in [0, 0.05) is 12.6 Å². The largest absolute Gasteiger partial charge is 0.481 e. The summed E-state index contributed by atoms with van der Waals surface area (Å²) < 4.78 is 0. The average Bonchev–Trinajstić information content (AvgIpc) is 1.82. The van der Waals surface area contributed by atoms with Gasteiger partial charge in [0.15, 0.2) is 0 Å². The highest BCUT2D eigenvalue weighted by Crippen LogP contribution is 2.24. The third kappa shape index (κ3) is 1.20. The van der Waals surface area contributed by atoms with Gasteiger partial charge in [-0.25, -0.2) is 0 Å². The number of carboxylic acid groups (broad SMARTS) is 1. The molecule has 0 saturated carbocycles. The molecule has 0 amide bonds. The van der Waals surface area contributed by atoms with Crippen LogP contribution >= 0.6 is 0 Å². The first-order valence-corrected chi connectivity index (χ1v) is 3.58. The average molecular weight is 156 g/mol. The van der Waals surface area contributed by atoms with Gasteiger partial charge < -0.3 is 10.0 Å². The fourth-order valence-corrected chi connectivity index (χ4v) is 1.34. The molecule has 0 aliphatic carbocycles. The number of hydrogen-bond acceptors (Lipinski definition) is 2. The minimum absolute atomic E-state index is 0.00926. The first-order valence-electron chi connectivity index (χ1n) is 3.58. The molecule has 1 aliphatic rings. The van der Waals surface area contributed by atoms with Gasteiger partial charge in [0.2, 0.25) is 0 Å². The predicted octanol–water partition coefficient (Wildman–Crippen LogP) is 0.388. The maximum absolute atomic E-state index is 10.5. The van der Waals surface area contributed by atoms with Gasteiger partial charge >= 0.3 is 5.97 Å². The van der Waals surface area contributed by atoms with Crippen LogP contribution < -0.4 is 0 Å². The van der Waals surface area contributed by atoms with Crippen LogP contribution in [0.4, 0.5) is 0 Å². The molecule has 1 saturated heterocycles. The van der Waals surface area contributed by atoms with E-state index in [0.717, 1.165) is 0 Å². The minimum Gasteiger partial charge on any atom is -0.481 e. The second-order valence-electron chi connectivity index (χ2n) is 2.92. The lowest BCUT2D eigenvalue weighted by molar-refractivity contribution is -0.148. The molecule has 1 rings (SSSR count). The van der Waals surface area contributed by atoms with Crippen LogP contribution in [0, 0.1) is 11.3 Å². The SMILES string of the molecule is CC(=N)N1C[C@H](C(=O)O)[C@H]1C. The molecule has 11 heavy (non-hydrogen) atoms. The van der Waals surface area contributed by atoms with E-state index in [1.165, 1.54) is 0 Å². The van der Waals surface area contributed by atoms with Crippen LogP contribution in [0.5, 0.6) is 0 Å². The summed E-state index contributed by atoms with van der Waals surface area (Å²) in [5, 5.41) is 15.9. The molecule has 0 aromatic heterocycles. The molecular formula is C7H12N2O2. The minimum atomic E-state index is -0.755. The summed E-state index contributed by atoms with van der Waals surface area (Å²) in [7, 11) is 0. The molecule has 62 valence electrons. The van der Waals surface area contributed by atoms with Gasteiger partial charge in [-0.15, -0.1) is 0 Å². The molecule has 0 unspecified atom stereocenters. The van der Waals surface area contributed by atoms with Crippen LogP contribution in [0.2, 0.25) is 0 Å². The molecule has 0 aromatic rings. The number of amidine groups is 1. The van der Waals surface area contributed by atoms with E-state index >= 15 is 0 Å². The van der Waals surface area contributed by atoms with Crippen molar-refractivity contribution < 1.29 is 9.90 Å². The van der Waals surface area contributed by atoms with E-state index < -0.39 is 5.97 Å². The zero-order valence-corrected chi connectivity index (χ0v) is 6.66. The van der Waals surface area contributed by atoms with Crippen molar-refractivity contribution in [3.05, 3.63) is 0 Å². The zero-order valence-electron chi connectivity index (χ0n) is 6.66. The van der Waals surface area contributed by atoms with E-state index in [1.807, 2.05) is 6.92 Å².